The fourth-order valence-electron chi connectivity index (χ4n) is 5.59. The van der Waals surface area contributed by atoms with Gasteiger partial charge in [0.1, 0.15) is 23.0 Å². The number of carbonyl (C=O) groups is 2. The number of carbonyl (C=O) groups excluding carboxylic acids is 2. The highest BCUT2D eigenvalue weighted by molar-refractivity contribution is 5.97. The molecule has 0 radical (unpaired) electrons. The van der Waals surface area contributed by atoms with E-state index in [4.69, 9.17) is 18.7 Å². The summed E-state index contributed by atoms with van der Waals surface area (Å²) in [6.07, 6.45) is 2.71. The van der Waals surface area contributed by atoms with E-state index in [0.29, 0.717) is 67.7 Å². The molecule has 1 unspecified atom stereocenters. The van der Waals surface area contributed by atoms with Crippen LogP contribution in [0.1, 0.15) is 69.1 Å². The molecule has 2 N–H and O–H groups in total. The van der Waals surface area contributed by atoms with Crippen LogP contribution in [0.25, 0.3) is 0 Å². The number of ether oxygens (including phenoxy) is 3. The zero-order valence-corrected chi connectivity index (χ0v) is 24.1. The number of hydrogen-bond acceptors (Lipinski definition) is 8. The Kier molecular flexibility index (Phi) is 7.91. The van der Waals surface area contributed by atoms with Gasteiger partial charge in [0.2, 0.25) is 0 Å². The maximum absolute atomic E-state index is 13.9. The lowest BCUT2D eigenvalue weighted by atomic mass is 9.87. The molecule has 0 saturated heterocycles. The molecule has 43 heavy (non-hydrogen) atoms. The lowest BCUT2D eigenvalue weighted by Crippen LogP contribution is -2.40. The highest BCUT2D eigenvalue weighted by atomic mass is 16.5. The first kappa shape index (κ1) is 28.1. The van der Waals surface area contributed by atoms with Crippen LogP contribution >= 0.6 is 0 Å². The Labute approximate surface area is 249 Å². The van der Waals surface area contributed by atoms with Crippen molar-refractivity contribution in [3.63, 3.8) is 0 Å². The average molecular weight is 584 g/mol. The molecule has 2 amide bonds. The van der Waals surface area contributed by atoms with E-state index < -0.39 is 11.9 Å². The first-order valence-electron chi connectivity index (χ1n) is 14.4. The van der Waals surface area contributed by atoms with Crippen LogP contribution in [0.2, 0.25) is 0 Å². The Balaban J connectivity index is 1.44. The molecule has 1 aromatic heterocycles. The van der Waals surface area contributed by atoms with E-state index in [1.54, 1.807) is 19.2 Å². The van der Waals surface area contributed by atoms with E-state index in [0.717, 1.165) is 23.1 Å². The number of hydrogen-bond donors (Lipinski definition) is 2. The van der Waals surface area contributed by atoms with Crippen molar-refractivity contribution in [1.82, 2.24) is 15.4 Å². The summed E-state index contributed by atoms with van der Waals surface area (Å²) in [7, 11) is 1.58. The molecule has 0 saturated carbocycles. The second-order valence-electron chi connectivity index (χ2n) is 10.6. The predicted octanol–water partition coefficient (Wildman–Crippen LogP) is 5.43. The number of aryl methyl sites for hydroxylation is 1. The van der Waals surface area contributed by atoms with Crippen LogP contribution in [0.5, 0.6) is 28.7 Å². The average Bonchev–Trinajstić information content (AvgIpc) is 3.49. The monoisotopic (exact) mass is 583 g/mol. The Hall–Kier alpha value is -4.99. The van der Waals surface area contributed by atoms with Crippen LogP contribution in [0, 0.1) is 0 Å². The van der Waals surface area contributed by atoms with Crippen molar-refractivity contribution in [3.8, 4) is 28.7 Å². The molecule has 8 bridgehead atoms. The fourth-order valence-corrected chi connectivity index (χ4v) is 5.59. The standard InChI is InChI=1S/C33H33N3O7/c1-3-5-24-19-27(35-43-24)33(39)36-14-12-20-16-22-7-9-25(20)31(36)21-6-11-29(40-2)30(17-21)41-15-4-13-34-32(38)26-18-23(42-22)8-10-28(26)37/h6-11,16-19,31,37H,3-5,12-15H2,1-2H3,(H,34,38). The number of amides is 2. The smallest absolute Gasteiger partial charge is 0.276 e. The molecule has 10 nitrogen and oxygen atoms in total. The van der Waals surface area contributed by atoms with Crippen molar-refractivity contribution < 1.29 is 33.4 Å². The Bertz CT molecular complexity index is 1660. The van der Waals surface area contributed by atoms with Crippen molar-refractivity contribution >= 4 is 11.8 Å². The fraction of sp³-hybridized carbons (Fsp3) is 0.303. The van der Waals surface area contributed by atoms with Gasteiger partial charge in [-0.3, -0.25) is 9.59 Å². The third-order valence-corrected chi connectivity index (χ3v) is 7.69. The van der Waals surface area contributed by atoms with E-state index in [1.807, 2.05) is 48.2 Å². The highest BCUT2D eigenvalue weighted by Gasteiger charge is 2.35. The molecule has 3 aromatic carbocycles. The zero-order valence-electron chi connectivity index (χ0n) is 24.1. The number of benzene rings is 3. The lowest BCUT2D eigenvalue weighted by Gasteiger charge is -2.37. The van der Waals surface area contributed by atoms with Crippen LogP contribution in [-0.2, 0) is 12.8 Å². The number of methoxy groups -OCH3 is 1. The molecule has 0 aliphatic carbocycles. The largest absolute Gasteiger partial charge is 0.507 e. The van der Waals surface area contributed by atoms with Gasteiger partial charge < -0.3 is 34.1 Å². The number of nitrogens with one attached hydrogen (secondary N) is 1. The van der Waals surface area contributed by atoms with Crippen LogP contribution in [-0.4, -0.2) is 53.8 Å². The Morgan fingerprint density at radius 3 is 2.79 bits per heavy atom. The molecular weight excluding hydrogens is 550 g/mol. The Morgan fingerprint density at radius 2 is 1.95 bits per heavy atom. The number of aromatic nitrogens is 1. The van der Waals surface area contributed by atoms with Crippen molar-refractivity contribution in [3.05, 3.63) is 94.4 Å². The van der Waals surface area contributed by atoms with E-state index >= 15 is 0 Å². The van der Waals surface area contributed by atoms with Gasteiger partial charge >= 0.3 is 0 Å². The number of nitrogens with zero attached hydrogens (tertiary/aromatic N) is 2. The molecule has 4 aromatic rings. The van der Waals surface area contributed by atoms with Gasteiger partial charge in [0.05, 0.1) is 25.3 Å². The van der Waals surface area contributed by atoms with Gasteiger partial charge in [0, 0.05) is 25.6 Å². The first-order chi connectivity index (χ1) is 20.9. The lowest BCUT2D eigenvalue weighted by molar-refractivity contribution is 0.0683. The quantitative estimate of drug-likeness (QED) is 0.326. The minimum atomic E-state index is -0.427. The molecular formula is C33H33N3O7. The third kappa shape index (κ3) is 5.73. The van der Waals surface area contributed by atoms with Gasteiger partial charge in [-0.1, -0.05) is 24.2 Å². The van der Waals surface area contributed by atoms with E-state index in [1.165, 1.54) is 12.1 Å². The molecule has 3 aliphatic rings. The first-order valence-corrected chi connectivity index (χ1v) is 14.4. The summed E-state index contributed by atoms with van der Waals surface area (Å²) < 4.78 is 23.3. The maximum atomic E-state index is 13.9. The highest BCUT2D eigenvalue weighted by Crippen LogP contribution is 2.41. The van der Waals surface area contributed by atoms with Gasteiger partial charge in [0.15, 0.2) is 17.2 Å². The second kappa shape index (κ2) is 12.1. The van der Waals surface area contributed by atoms with Crippen LogP contribution < -0.4 is 19.5 Å². The summed E-state index contributed by atoms with van der Waals surface area (Å²) in [5, 5.41) is 17.2. The van der Waals surface area contributed by atoms with Gasteiger partial charge in [-0.2, -0.15) is 0 Å². The number of fused-ring (bicyclic) bond motifs is 6. The second-order valence-corrected chi connectivity index (χ2v) is 10.6. The summed E-state index contributed by atoms with van der Waals surface area (Å²) in [6, 6.07) is 17.3. The summed E-state index contributed by atoms with van der Waals surface area (Å²) in [5.74, 6) is 2.02. The van der Waals surface area contributed by atoms with Crippen molar-refractivity contribution in [2.45, 2.75) is 38.6 Å². The number of aromatic hydroxyl groups is 1. The third-order valence-electron chi connectivity index (χ3n) is 7.69. The molecule has 0 fully saturated rings. The van der Waals surface area contributed by atoms with Gasteiger partial charge in [-0.25, -0.2) is 0 Å². The van der Waals surface area contributed by atoms with E-state index in [-0.39, 0.29) is 22.9 Å². The van der Waals surface area contributed by atoms with Gasteiger partial charge in [0.25, 0.3) is 11.8 Å². The Morgan fingerprint density at radius 1 is 1.12 bits per heavy atom. The van der Waals surface area contributed by atoms with E-state index in [2.05, 4.69) is 10.5 Å². The molecule has 3 aliphatic heterocycles. The van der Waals surface area contributed by atoms with Crippen molar-refractivity contribution in [1.29, 1.82) is 0 Å². The molecule has 4 heterocycles. The van der Waals surface area contributed by atoms with Crippen molar-refractivity contribution in [2.24, 2.45) is 0 Å². The normalized spacial score (nSPS) is 16.4. The predicted molar refractivity (Wildman–Crippen MR) is 157 cm³/mol. The maximum Gasteiger partial charge on any atom is 0.276 e. The number of phenols is 1. The van der Waals surface area contributed by atoms with Gasteiger partial charge in [-0.05, 0) is 78.4 Å². The van der Waals surface area contributed by atoms with Crippen LogP contribution in [0.15, 0.2) is 65.2 Å². The summed E-state index contributed by atoms with van der Waals surface area (Å²) in [5.41, 5.74) is 3.23. The number of rotatable bonds is 4. The van der Waals surface area contributed by atoms with Crippen LogP contribution in [0.4, 0.5) is 0 Å². The van der Waals surface area contributed by atoms with Gasteiger partial charge in [-0.15, -0.1) is 0 Å². The molecule has 222 valence electrons. The summed E-state index contributed by atoms with van der Waals surface area (Å²) in [6.45, 7) is 3.13. The zero-order chi connectivity index (χ0) is 29.9. The number of phenolic OH excluding ortho intramolecular Hbond substituents is 1. The molecule has 10 heteroatoms. The molecule has 1 atom stereocenters. The summed E-state index contributed by atoms with van der Waals surface area (Å²) in [4.78, 5) is 28.5. The molecule has 7 rings (SSSR count). The van der Waals surface area contributed by atoms with Crippen molar-refractivity contribution in [2.75, 3.05) is 26.8 Å². The molecule has 0 spiro atoms. The van der Waals surface area contributed by atoms with E-state index in [9.17, 15) is 14.7 Å². The minimum absolute atomic E-state index is 0.121. The SMILES string of the molecule is CCCc1cc(C(=O)N2CCc3cc4ccc3C2c2ccc(OC)c(c2)OCCCNC(=O)c2cc(ccc2O)O4)no1. The minimum Gasteiger partial charge on any atom is -0.507 e. The topological polar surface area (TPSA) is 123 Å². The van der Waals surface area contributed by atoms with Crippen LogP contribution in [0.3, 0.4) is 0 Å². The summed E-state index contributed by atoms with van der Waals surface area (Å²) >= 11 is 0.